The number of hydrogen-bond acceptors (Lipinski definition) is 6. The highest BCUT2D eigenvalue weighted by atomic mass is 19.1. The number of methoxy groups -OCH3 is 2. The van der Waals surface area contributed by atoms with Crippen molar-refractivity contribution in [3.8, 4) is 22.9 Å². The minimum Gasteiger partial charge on any atom is -0.493 e. The maximum absolute atomic E-state index is 13.2. The SMILES string of the molecule is COc1ccc(-c2nc3ccccc3c(=O)n2OC(=O)c2ccc(F)cc2)cc1OC. The highest BCUT2D eigenvalue weighted by Crippen LogP contribution is 2.31. The molecule has 3 aromatic carbocycles. The van der Waals surface area contributed by atoms with Crippen LogP contribution in [0.3, 0.4) is 0 Å². The number of carbonyl (C=O) groups is 1. The first kappa shape index (κ1) is 20.1. The fourth-order valence-corrected chi connectivity index (χ4v) is 3.08. The molecule has 0 aliphatic rings. The van der Waals surface area contributed by atoms with Gasteiger partial charge in [-0.25, -0.2) is 14.2 Å². The van der Waals surface area contributed by atoms with E-state index in [1.165, 1.54) is 26.4 Å². The summed E-state index contributed by atoms with van der Waals surface area (Å²) in [6.45, 7) is 0. The molecule has 1 aromatic heterocycles. The van der Waals surface area contributed by atoms with Gasteiger partial charge in [0.25, 0.3) is 5.56 Å². The summed E-state index contributed by atoms with van der Waals surface area (Å²) in [4.78, 5) is 35.7. The van der Waals surface area contributed by atoms with Gasteiger partial charge < -0.3 is 14.3 Å². The summed E-state index contributed by atoms with van der Waals surface area (Å²) < 4.78 is 24.6. The van der Waals surface area contributed by atoms with Gasteiger partial charge in [-0.15, -0.1) is 4.73 Å². The minimum absolute atomic E-state index is 0.0831. The summed E-state index contributed by atoms with van der Waals surface area (Å²) in [7, 11) is 2.99. The lowest BCUT2D eigenvalue weighted by atomic mass is 10.1. The first-order chi connectivity index (χ1) is 15.0. The molecule has 1 heterocycles. The molecule has 0 aliphatic carbocycles. The molecule has 0 aliphatic heterocycles. The molecule has 0 spiro atoms. The van der Waals surface area contributed by atoms with Gasteiger partial charge in [-0.2, -0.15) is 0 Å². The van der Waals surface area contributed by atoms with Crippen molar-refractivity contribution in [2.24, 2.45) is 0 Å². The lowest BCUT2D eigenvalue weighted by Gasteiger charge is -2.14. The first-order valence-electron chi connectivity index (χ1n) is 9.24. The number of benzene rings is 3. The molecule has 0 N–H and O–H groups in total. The van der Waals surface area contributed by atoms with Crippen molar-refractivity contribution >= 4 is 16.9 Å². The largest absolute Gasteiger partial charge is 0.493 e. The van der Waals surface area contributed by atoms with E-state index in [2.05, 4.69) is 4.98 Å². The molecule has 7 nitrogen and oxygen atoms in total. The topological polar surface area (TPSA) is 79.6 Å². The van der Waals surface area contributed by atoms with E-state index in [0.29, 0.717) is 22.6 Å². The van der Waals surface area contributed by atoms with Crippen molar-refractivity contribution < 1.29 is 23.5 Å². The van der Waals surface area contributed by atoms with Crippen molar-refractivity contribution in [2.75, 3.05) is 14.2 Å². The van der Waals surface area contributed by atoms with Crippen LogP contribution in [0.1, 0.15) is 10.4 Å². The zero-order chi connectivity index (χ0) is 22.0. The number of para-hydroxylation sites is 1. The Hall–Kier alpha value is -4.20. The smallest absolute Gasteiger partial charge is 0.363 e. The van der Waals surface area contributed by atoms with Gasteiger partial charge in [-0.05, 0) is 54.6 Å². The van der Waals surface area contributed by atoms with Gasteiger partial charge in [0.15, 0.2) is 17.3 Å². The summed E-state index contributed by atoms with van der Waals surface area (Å²) in [5.41, 5.74) is 0.421. The van der Waals surface area contributed by atoms with Gasteiger partial charge >= 0.3 is 5.97 Å². The van der Waals surface area contributed by atoms with Crippen LogP contribution in [0.15, 0.2) is 71.5 Å². The third kappa shape index (κ3) is 3.83. The third-order valence-electron chi connectivity index (χ3n) is 4.63. The first-order valence-corrected chi connectivity index (χ1v) is 9.24. The van der Waals surface area contributed by atoms with E-state index >= 15 is 0 Å². The van der Waals surface area contributed by atoms with E-state index in [4.69, 9.17) is 14.3 Å². The van der Waals surface area contributed by atoms with Crippen LogP contribution in [0.5, 0.6) is 11.5 Å². The van der Waals surface area contributed by atoms with E-state index in [0.717, 1.165) is 16.9 Å². The maximum Gasteiger partial charge on any atom is 0.363 e. The molecular formula is C23H17FN2O5. The van der Waals surface area contributed by atoms with Crippen LogP contribution in [-0.4, -0.2) is 29.9 Å². The Kier molecular flexibility index (Phi) is 5.36. The molecule has 4 aromatic rings. The van der Waals surface area contributed by atoms with Gasteiger partial charge in [0, 0.05) is 5.56 Å². The van der Waals surface area contributed by atoms with Gasteiger partial charge in [0.2, 0.25) is 0 Å². The monoisotopic (exact) mass is 420 g/mol. The summed E-state index contributed by atoms with van der Waals surface area (Å²) >= 11 is 0. The zero-order valence-electron chi connectivity index (χ0n) is 16.7. The molecule has 31 heavy (non-hydrogen) atoms. The Morgan fingerprint density at radius 1 is 0.935 bits per heavy atom. The lowest BCUT2D eigenvalue weighted by molar-refractivity contribution is 0.0449. The predicted octanol–water partition coefficient (Wildman–Crippen LogP) is 3.49. The molecule has 0 atom stereocenters. The van der Waals surface area contributed by atoms with Gasteiger partial charge in [0.05, 0.1) is 30.7 Å². The van der Waals surface area contributed by atoms with Crippen LogP contribution < -0.4 is 19.9 Å². The molecule has 0 unspecified atom stereocenters. The highest BCUT2D eigenvalue weighted by molar-refractivity contribution is 5.90. The molecule has 0 saturated carbocycles. The number of carbonyl (C=O) groups excluding carboxylic acids is 1. The number of halogens is 1. The van der Waals surface area contributed by atoms with E-state index in [-0.39, 0.29) is 16.8 Å². The van der Waals surface area contributed by atoms with Crippen LogP contribution in [0.2, 0.25) is 0 Å². The summed E-state index contributed by atoms with van der Waals surface area (Å²) in [6, 6.07) is 16.5. The summed E-state index contributed by atoms with van der Waals surface area (Å²) in [5.74, 6) is -0.323. The Bertz CT molecular complexity index is 1330. The molecule has 0 fully saturated rings. The van der Waals surface area contributed by atoms with Crippen molar-refractivity contribution in [2.45, 2.75) is 0 Å². The Balaban J connectivity index is 1.89. The van der Waals surface area contributed by atoms with Crippen LogP contribution in [0.4, 0.5) is 4.39 Å². The van der Waals surface area contributed by atoms with E-state index in [1.807, 2.05) is 0 Å². The van der Waals surface area contributed by atoms with Crippen LogP contribution in [0.25, 0.3) is 22.3 Å². The second-order valence-electron chi connectivity index (χ2n) is 6.51. The van der Waals surface area contributed by atoms with E-state index in [9.17, 15) is 14.0 Å². The van der Waals surface area contributed by atoms with Crippen LogP contribution in [0, 0.1) is 5.82 Å². The average molecular weight is 420 g/mol. The quantitative estimate of drug-likeness (QED) is 0.492. The Morgan fingerprint density at radius 2 is 1.65 bits per heavy atom. The second-order valence-corrected chi connectivity index (χ2v) is 6.51. The van der Waals surface area contributed by atoms with Crippen LogP contribution in [-0.2, 0) is 0 Å². The average Bonchev–Trinajstić information content (AvgIpc) is 2.80. The normalized spacial score (nSPS) is 10.7. The summed E-state index contributed by atoms with van der Waals surface area (Å²) in [5, 5.41) is 0.277. The molecule has 0 radical (unpaired) electrons. The van der Waals surface area contributed by atoms with Crippen molar-refractivity contribution in [1.82, 2.24) is 9.71 Å². The number of nitrogens with zero attached hydrogens (tertiary/aromatic N) is 2. The van der Waals surface area contributed by atoms with Crippen LogP contribution >= 0.6 is 0 Å². The maximum atomic E-state index is 13.2. The molecule has 8 heteroatoms. The Labute approximate surface area is 176 Å². The molecule has 156 valence electrons. The predicted molar refractivity (Wildman–Crippen MR) is 112 cm³/mol. The molecule has 0 saturated heterocycles. The highest BCUT2D eigenvalue weighted by Gasteiger charge is 2.19. The summed E-state index contributed by atoms with van der Waals surface area (Å²) in [6.07, 6.45) is 0. The number of fused-ring (bicyclic) bond motifs is 1. The minimum atomic E-state index is -0.832. The van der Waals surface area contributed by atoms with Crippen molar-refractivity contribution in [3.05, 3.63) is 88.5 Å². The standard InChI is InChI=1S/C23H17FN2O5/c1-29-19-12-9-15(13-20(19)30-2)21-25-18-6-4-3-5-17(18)22(27)26(21)31-23(28)14-7-10-16(24)11-8-14/h3-13H,1-2H3. The number of rotatable bonds is 5. The van der Waals surface area contributed by atoms with Gasteiger partial charge in [-0.1, -0.05) is 12.1 Å². The lowest BCUT2D eigenvalue weighted by Crippen LogP contribution is -2.33. The number of hydrogen-bond donors (Lipinski definition) is 0. The van der Waals surface area contributed by atoms with E-state index < -0.39 is 17.3 Å². The van der Waals surface area contributed by atoms with Gasteiger partial charge in [-0.3, -0.25) is 4.79 Å². The van der Waals surface area contributed by atoms with Crippen molar-refractivity contribution in [1.29, 1.82) is 0 Å². The van der Waals surface area contributed by atoms with Gasteiger partial charge in [0.1, 0.15) is 5.82 Å². The third-order valence-corrected chi connectivity index (χ3v) is 4.63. The Morgan fingerprint density at radius 3 is 2.35 bits per heavy atom. The second kappa shape index (κ2) is 8.27. The fraction of sp³-hybridized carbons (Fsp3) is 0.0870. The molecule has 4 rings (SSSR count). The van der Waals surface area contributed by atoms with E-state index in [1.54, 1.807) is 42.5 Å². The molecule has 0 amide bonds. The number of aromatic nitrogens is 2. The zero-order valence-corrected chi connectivity index (χ0v) is 16.7. The van der Waals surface area contributed by atoms with Crippen molar-refractivity contribution in [3.63, 3.8) is 0 Å². The molecule has 0 bridgehead atoms. The fourth-order valence-electron chi connectivity index (χ4n) is 3.08. The number of ether oxygens (including phenoxy) is 2. The molecular weight excluding hydrogens is 403 g/mol.